The zero-order chi connectivity index (χ0) is 12.5. The lowest BCUT2D eigenvalue weighted by Crippen LogP contribution is -2.20. The Kier molecular flexibility index (Phi) is 8.10. The molecule has 1 unspecified atom stereocenters. The van der Waals surface area contributed by atoms with Crippen LogP contribution in [0.15, 0.2) is 15.9 Å². The van der Waals surface area contributed by atoms with Crippen LogP contribution in [0, 0.1) is 0 Å². The second-order valence-corrected chi connectivity index (χ2v) is 6.63. The molecule has 98 valence electrons. The van der Waals surface area contributed by atoms with Gasteiger partial charge in [0.15, 0.2) is 0 Å². The molecule has 0 aromatic carbocycles. The topological polar surface area (TPSA) is 21.3 Å². The second kappa shape index (κ2) is 9.09. The van der Waals surface area contributed by atoms with Gasteiger partial charge in [0.1, 0.15) is 0 Å². The third-order valence-electron chi connectivity index (χ3n) is 2.58. The minimum Gasteiger partial charge on any atom is -0.381 e. The Morgan fingerprint density at radius 3 is 2.76 bits per heavy atom. The van der Waals surface area contributed by atoms with Gasteiger partial charge in [0, 0.05) is 24.1 Å². The van der Waals surface area contributed by atoms with Crippen molar-refractivity contribution < 1.29 is 4.74 Å². The minimum absolute atomic E-state index is 0.432. The van der Waals surface area contributed by atoms with E-state index in [0.29, 0.717) is 6.04 Å². The van der Waals surface area contributed by atoms with Crippen molar-refractivity contribution in [1.82, 2.24) is 5.32 Å². The maximum absolute atomic E-state index is 5.52. The van der Waals surface area contributed by atoms with E-state index >= 15 is 0 Å². The average Bonchev–Trinajstić information content (AvgIpc) is 2.74. The fourth-order valence-electron chi connectivity index (χ4n) is 1.50. The van der Waals surface area contributed by atoms with Crippen LogP contribution in [0.5, 0.6) is 0 Å². The van der Waals surface area contributed by atoms with Crippen LogP contribution in [0.25, 0.3) is 0 Å². The summed E-state index contributed by atoms with van der Waals surface area (Å²) in [6, 6.07) is 4.71. The smallest absolute Gasteiger partial charge is 0.0701 e. The predicted octanol–water partition coefficient (Wildman–Crippen LogP) is 4.37. The molecule has 1 atom stereocenters. The van der Waals surface area contributed by atoms with Gasteiger partial charge >= 0.3 is 0 Å². The maximum Gasteiger partial charge on any atom is 0.0701 e. The van der Waals surface area contributed by atoms with Gasteiger partial charge in [0.05, 0.1) is 3.79 Å². The molecule has 1 N–H and O–H groups in total. The fraction of sp³-hybridized carbons (Fsp3) is 0.692. The Morgan fingerprint density at radius 1 is 1.35 bits per heavy atom. The van der Waals surface area contributed by atoms with Crippen LogP contribution in [-0.4, -0.2) is 19.8 Å². The third kappa shape index (κ3) is 6.55. The highest BCUT2D eigenvalue weighted by atomic mass is 79.9. The van der Waals surface area contributed by atoms with E-state index in [1.54, 1.807) is 11.3 Å². The van der Waals surface area contributed by atoms with Crippen LogP contribution in [0.2, 0.25) is 0 Å². The zero-order valence-electron chi connectivity index (χ0n) is 10.7. The predicted molar refractivity (Wildman–Crippen MR) is 78.8 cm³/mol. The van der Waals surface area contributed by atoms with Gasteiger partial charge < -0.3 is 10.1 Å². The van der Waals surface area contributed by atoms with Crippen molar-refractivity contribution in [3.05, 3.63) is 20.8 Å². The van der Waals surface area contributed by atoms with Gasteiger partial charge in [-0.05, 0) is 54.4 Å². The Bertz CT molecular complexity index is 303. The first-order valence-corrected chi connectivity index (χ1v) is 7.91. The molecule has 0 bridgehead atoms. The fourth-order valence-corrected chi connectivity index (χ4v) is 2.95. The summed E-state index contributed by atoms with van der Waals surface area (Å²) in [5, 5.41) is 3.51. The summed E-state index contributed by atoms with van der Waals surface area (Å²) in [7, 11) is 0. The molecule has 4 heteroatoms. The number of hydrogen-bond donors (Lipinski definition) is 1. The van der Waals surface area contributed by atoms with E-state index in [2.05, 4.69) is 47.2 Å². The van der Waals surface area contributed by atoms with Crippen molar-refractivity contribution >= 4 is 27.3 Å². The standard InChI is InChI=1S/C13H22BrNOS/c1-3-4-9-16-10-5-8-15-11(2)12-6-7-13(14)17-12/h6-7,11,15H,3-5,8-10H2,1-2H3. The largest absolute Gasteiger partial charge is 0.381 e. The third-order valence-corrected chi connectivity index (χ3v) is 4.39. The summed E-state index contributed by atoms with van der Waals surface area (Å²) < 4.78 is 6.72. The Morgan fingerprint density at radius 2 is 2.12 bits per heavy atom. The molecule has 0 fully saturated rings. The molecule has 0 aliphatic heterocycles. The molecule has 0 saturated heterocycles. The van der Waals surface area contributed by atoms with Crippen molar-refractivity contribution in [3.63, 3.8) is 0 Å². The van der Waals surface area contributed by atoms with Crippen LogP contribution in [0.1, 0.15) is 44.0 Å². The van der Waals surface area contributed by atoms with Gasteiger partial charge in [-0.25, -0.2) is 0 Å². The second-order valence-electron chi connectivity index (χ2n) is 4.14. The molecular formula is C13H22BrNOS. The van der Waals surface area contributed by atoms with E-state index in [-0.39, 0.29) is 0 Å². The van der Waals surface area contributed by atoms with Crippen LogP contribution in [0.3, 0.4) is 0 Å². The summed E-state index contributed by atoms with van der Waals surface area (Å²) in [6.07, 6.45) is 3.47. The van der Waals surface area contributed by atoms with Crippen molar-refractivity contribution in [1.29, 1.82) is 0 Å². The number of halogens is 1. The van der Waals surface area contributed by atoms with E-state index in [0.717, 1.165) is 26.2 Å². The van der Waals surface area contributed by atoms with Crippen molar-refractivity contribution in [2.24, 2.45) is 0 Å². The molecule has 17 heavy (non-hydrogen) atoms. The van der Waals surface area contributed by atoms with E-state index in [4.69, 9.17) is 4.74 Å². The molecule has 0 aliphatic rings. The summed E-state index contributed by atoms with van der Waals surface area (Å²) in [5.74, 6) is 0. The number of hydrogen-bond acceptors (Lipinski definition) is 3. The summed E-state index contributed by atoms with van der Waals surface area (Å²) in [4.78, 5) is 1.38. The van der Waals surface area contributed by atoms with E-state index in [1.807, 2.05) is 0 Å². The van der Waals surface area contributed by atoms with Crippen LogP contribution < -0.4 is 5.32 Å². The summed E-state index contributed by atoms with van der Waals surface area (Å²) >= 11 is 5.28. The molecule has 2 nitrogen and oxygen atoms in total. The highest BCUT2D eigenvalue weighted by Crippen LogP contribution is 2.26. The zero-order valence-corrected chi connectivity index (χ0v) is 13.1. The van der Waals surface area contributed by atoms with Crippen LogP contribution in [0.4, 0.5) is 0 Å². The van der Waals surface area contributed by atoms with Crippen LogP contribution in [-0.2, 0) is 4.74 Å². The highest BCUT2D eigenvalue weighted by Gasteiger charge is 2.06. The Balaban J connectivity index is 2.03. The molecule has 1 rings (SSSR count). The van der Waals surface area contributed by atoms with Gasteiger partial charge in [-0.15, -0.1) is 11.3 Å². The molecule has 1 heterocycles. The molecule has 1 aromatic heterocycles. The lowest BCUT2D eigenvalue weighted by Gasteiger charge is -2.11. The van der Waals surface area contributed by atoms with Gasteiger partial charge in [-0.1, -0.05) is 13.3 Å². The Hall–Kier alpha value is 0.1000. The lowest BCUT2D eigenvalue weighted by molar-refractivity contribution is 0.128. The molecule has 0 spiro atoms. The average molecular weight is 320 g/mol. The van der Waals surface area contributed by atoms with Crippen molar-refractivity contribution in [2.75, 3.05) is 19.8 Å². The summed E-state index contributed by atoms with van der Waals surface area (Å²) in [6.45, 7) is 7.18. The van der Waals surface area contributed by atoms with Gasteiger partial charge in [-0.2, -0.15) is 0 Å². The number of rotatable bonds is 9. The van der Waals surface area contributed by atoms with E-state index in [9.17, 15) is 0 Å². The quantitative estimate of drug-likeness (QED) is 0.682. The first-order valence-electron chi connectivity index (χ1n) is 6.30. The maximum atomic E-state index is 5.52. The minimum atomic E-state index is 0.432. The van der Waals surface area contributed by atoms with Crippen molar-refractivity contribution in [2.45, 2.75) is 39.2 Å². The Labute approximate surface area is 117 Å². The molecular weight excluding hydrogens is 298 g/mol. The monoisotopic (exact) mass is 319 g/mol. The molecule has 0 radical (unpaired) electrons. The number of unbranched alkanes of at least 4 members (excludes halogenated alkanes) is 1. The van der Waals surface area contributed by atoms with Gasteiger partial charge in [-0.3, -0.25) is 0 Å². The lowest BCUT2D eigenvalue weighted by atomic mass is 10.2. The number of nitrogens with one attached hydrogen (secondary N) is 1. The van der Waals surface area contributed by atoms with Crippen LogP contribution >= 0.6 is 27.3 Å². The molecule has 0 saturated carbocycles. The van der Waals surface area contributed by atoms with E-state index < -0.39 is 0 Å². The number of thiophene rings is 1. The first kappa shape index (κ1) is 15.2. The molecule has 1 aromatic rings. The first-order chi connectivity index (χ1) is 8.24. The van der Waals surface area contributed by atoms with Crippen molar-refractivity contribution in [3.8, 4) is 0 Å². The SMILES string of the molecule is CCCCOCCCNC(C)c1ccc(Br)s1. The molecule has 0 amide bonds. The normalized spacial score (nSPS) is 12.9. The van der Waals surface area contributed by atoms with Gasteiger partial charge in [0.2, 0.25) is 0 Å². The summed E-state index contributed by atoms with van der Waals surface area (Å²) in [5.41, 5.74) is 0. The van der Waals surface area contributed by atoms with Gasteiger partial charge in [0.25, 0.3) is 0 Å². The highest BCUT2D eigenvalue weighted by molar-refractivity contribution is 9.11. The molecule has 0 aliphatic carbocycles. The number of ether oxygens (including phenoxy) is 1. The van der Waals surface area contributed by atoms with E-state index in [1.165, 1.54) is 21.5 Å².